The summed E-state index contributed by atoms with van der Waals surface area (Å²) in [5, 5.41) is 8.97. The van der Waals surface area contributed by atoms with Gasteiger partial charge in [0.15, 0.2) is 6.61 Å². The maximum Gasteiger partial charge on any atom is 0.341 e. The molecule has 1 N–H and O–H groups in total. The highest BCUT2D eigenvalue weighted by Gasteiger charge is 2.06. The van der Waals surface area contributed by atoms with Crippen molar-refractivity contribution in [2.75, 3.05) is 6.61 Å². The fourth-order valence-electron chi connectivity index (χ4n) is 2.09. The van der Waals surface area contributed by atoms with Crippen molar-refractivity contribution in [3.63, 3.8) is 0 Å². The number of carbonyl (C=O) groups is 1. The molecular formula is C18H18ClNO3. The zero-order valence-corrected chi connectivity index (χ0v) is 13.7. The molecule has 0 spiro atoms. The number of carboxylic acid groups (broad SMARTS) is 1. The number of aliphatic imine (C=N–C) groups is 1. The molecule has 4 nitrogen and oxygen atoms in total. The van der Waals surface area contributed by atoms with E-state index in [4.69, 9.17) is 21.4 Å². The van der Waals surface area contributed by atoms with Gasteiger partial charge in [-0.05, 0) is 41.3 Å². The summed E-state index contributed by atoms with van der Waals surface area (Å²) in [6, 6.07) is 13.1. The molecule has 0 atom stereocenters. The van der Waals surface area contributed by atoms with Gasteiger partial charge in [0.1, 0.15) is 5.75 Å². The first-order chi connectivity index (χ1) is 11.0. The first-order valence-electron chi connectivity index (χ1n) is 7.24. The predicted octanol–water partition coefficient (Wildman–Crippen LogP) is 4.68. The molecule has 0 amide bonds. The standard InChI is InChI=1S/C18H18ClNO3/c1-12(2)14-5-3-4-6-16(14)20-10-13-7-8-17(15(19)9-13)23-11-18(21)22/h3-10,12H,11H2,1-2H3,(H,21,22). The second-order valence-corrected chi connectivity index (χ2v) is 5.75. The lowest BCUT2D eigenvalue weighted by molar-refractivity contribution is -0.139. The number of para-hydroxylation sites is 1. The van der Waals surface area contributed by atoms with Crippen LogP contribution in [0, 0.1) is 0 Å². The van der Waals surface area contributed by atoms with Crippen LogP contribution < -0.4 is 4.74 Å². The molecule has 0 aliphatic rings. The number of hydrogen-bond donors (Lipinski definition) is 1. The van der Waals surface area contributed by atoms with Crippen molar-refractivity contribution in [1.82, 2.24) is 0 Å². The van der Waals surface area contributed by atoms with Gasteiger partial charge >= 0.3 is 5.97 Å². The lowest BCUT2D eigenvalue weighted by atomic mass is 10.0. The van der Waals surface area contributed by atoms with Gasteiger partial charge in [0.25, 0.3) is 0 Å². The Bertz CT molecular complexity index is 726. The molecule has 0 saturated heterocycles. The van der Waals surface area contributed by atoms with Gasteiger partial charge in [-0.1, -0.05) is 43.6 Å². The molecule has 0 unspecified atom stereocenters. The SMILES string of the molecule is CC(C)c1ccccc1N=Cc1ccc(OCC(=O)O)c(Cl)c1. The Kier molecular flexibility index (Phi) is 5.77. The third kappa shape index (κ3) is 4.83. The third-order valence-corrected chi connectivity index (χ3v) is 3.51. The van der Waals surface area contributed by atoms with E-state index in [0.717, 1.165) is 11.3 Å². The predicted molar refractivity (Wildman–Crippen MR) is 92.4 cm³/mol. The number of nitrogens with zero attached hydrogens (tertiary/aromatic N) is 1. The molecule has 0 aliphatic carbocycles. The molecule has 0 saturated carbocycles. The van der Waals surface area contributed by atoms with Gasteiger partial charge < -0.3 is 9.84 Å². The average molecular weight is 332 g/mol. The van der Waals surface area contributed by atoms with Crippen LogP contribution in [-0.4, -0.2) is 23.9 Å². The summed E-state index contributed by atoms with van der Waals surface area (Å²) in [4.78, 5) is 15.0. The summed E-state index contributed by atoms with van der Waals surface area (Å²) in [6.07, 6.45) is 1.73. The number of benzene rings is 2. The van der Waals surface area contributed by atoms with Gasteiger partial charge in [-0.2, -0.15) is 0 Å². The minimum absolute atomic E-state index is 0.341. The van der Waals surface area contributed by atoms with Crippen LogP contribution >= 0.6 is 11.6 Å². The van der Waals surface area contributed by atoms with Crippen molar-refractivity contribution in [2.24, 2.45) is 4.99 Å². The van der Waals surface area contributed by atoms with Crippen molar-refractivity contribution in [3.8, 4) is 5.75 Å². The largest absolute Gasteiger partial charge is 0.480 e. The molecule has 0 bridgehead atoms. The van der Waals surface area contributed by atoms with E-state index in [2.05, 4.69) is 24.9 Å². The maximum atomic E-state index is 10.5. The summed E-state index contributed by atoms with van der Waals surface area (Å²) in [6.45, 7) is 3.83. The van der Waals surface area contributed by atoms with Crippen LogP contribution in [-0.2, 0) is 4.79 Å². The van der Waals surface area contributed by atoms with Crippen LogP contribution in [0.4, 0.5) is 5.69 Å². The van der Waals surface area contributed by atoms with Crippen molar-refractivity contribution in [1.29, 1.82) is 0 Å². The Hall–Kier alpha value is -2.33. The number of aliphatic carboxylic acids is 1. The van der Waals surface area contributed by atoms with Gasteiger partial charge in [-0.3, -0.25) is 4.99 Å². The van der Waals surface area contributed by atoms with E-state index in [1.165, 1.54) is 5.56 Å². The molecule has 5 heteroatoms. The van der Waals surface area contributed by atoms with Gasteiger partial charge in [0.2, 0.25) is 0 Å². The molecule has 0 heterocycles. The van der Waals surface area contributed by atoms with Crippen LogP contribution in [0.25, 0.3) is 0 Å². The minimum atomic E-state index is -1.04. The highest BCUT2D eigenvalue weighted by molar-refractivity contribution is 6.32. The summed E-state index contributed by atoms with van der Waals surface area (Å²) in [5.41, 5.74) is 2.91. The zero-order chi connectivity index (χ0) is 16.8. The van der Waals surface area contributed by atoms with Crippen molar-refractivity contribution >= 4 is 29.5 Å². The molecule has 0 aromatic heterocycles. The topological polar surface area (TPSA) is 58.9 Å². The minimum Gasteiger partial charge on any atom is -0.480 e. The van der Waals surface area contributed by atoms with Crippen LogP contribution in [0.15, 0.2) is 47.5 Å². The van der Waals surface area contributed by atoms with Crippen molar-refractivity contribution < 1.29 is 14.6 Å². The Morgan fingerprint density at radius 1 is 1.30 bits per heavy atom. The number of halogens is 1. The van der Waals surface area contributed by atoms with E-state index >= 15 is 0 Å². The first-order valence-corrected chi connectivity index (χ1v) is 7.62. The summed E-state index contributed by atoms with van der Waals surface area (Å²) in [5.74, 6) is -0.315. The van der Waals surface area contributed by atoms with E-state index in [1.807, 2.05) is 18.2 Å². The molecule has 23 heavy (non-hydrogen) atoms. The molecule has 2 aromatic carbocycles. The normalized spacial score (nSPS) is 11.1. The van der Waals surface area contributed by atoms with Gasteiger partial charge in [0, 0.05) is 6.21 Å². The van der Waals surface area contributed by atoms with E-state index < -0.39 is 12.6 Å². The fourth-order valence-corrected chi connectivity index (χ4v) is 2.33. The molecule has 120 valence electrons. The maximum absolute atomic E-state index is 10.5. The highest BCUT2D eigenvalue weighted by Crippen LogP contribution is 2.27. The van der Waals surface area contributed by atoms with Gasteiger partial charge in [-0.25, -0.2) is 4.79 Å². The lowest BCUT2D eigenvalue weighted by Crippen LogP contribution is -2.09. The van der Waals surface area contributed by atoms with Crippen molar-refractivity contribution in [2.45, 2.75) is 19.8 Å². The number of rotatable bonds is 6. The second kappa shape index (κ2) is 7.79. The molecule has 0 radical (unpaired) electrons. The van der Waals surface area contributed by atoms with Crippen LogP contribution in [0.2, 0.25) is 5.02 Å². The highest BCUT2D eigenvalue weighted by atomic mass is 35.5. The summed E-state index contributed by atoms with van der Waals surface area (Å²) >= 11 is 6.10. The smallest absolute Gasteiger partial charge is 0.341 e. The van der Waals surface area contributed by atoms with Gasteiger partial charge in [-0.15, -0.1) is 0 Å². The number of carboxylic acids is 1. The summed E-state index contributed by atoms with van der Waals surface area (Å²) in [7, 11) is 0. The molecule has 2 aromatic rings. The zero-order valence-electron chi connectivity index (χ0n) is 13.0. The molecule has 0 aliphatic heterocycles. The molecule has 0 fully saturated rings. The Morgan fingerprint density at radius 2 is 2.04 bits per heavy atom. The van der Waals surface area contributed by atoms with Crippen LogP contribution in [0.3, 0.4) is 0 Å². The molecule has 2 rings (SSSR count). The molecular weight excluding hydrogens is 314 g/mol. The lowest BCUT2D eigenvalue weighted by Gasteiger charge is -2.08. The quantitative estimate of drug-likeness (QED) is 0.782. The Balaban J connectivity index is 2.18. The summed E-state index contributed by atoms with van der Waals surface area (Å²) < 4.78 is 5.09. The number of ether oxygens (including phenoxy) is 1. The van der Waals surface area contributed by atoms with E-state index in [1.54, 1.807) is 24.4 Å². The monoisotopic (exact) mass is 331 g/mol. The third-order valence-electron chi connectivity index (χ3n) is 3.22. The second-order valence-electron chi connectivity index (χ2n) is 5.34. The fraction of sp³-hybridized carbons (Fsp3) is 0.222. The average Bonchev–Trinajstić information content (AvgIpc) is 2.52. The van der Waals surface area contributed by atoms with Crippen molar-refractivity contribution in [3.05, 3.63) is 58.6 Å². The number of hydrogen-bond acceptors (Lipinski definition) is 3. The Labute approximate surface area is 140 Å². The van der Waals surface area contributed by atoms with E-state index in [9.17, 15) is 4.79 Å². The van der Waals surface area contributed by atoms with Crippen LogP contribution in [0.5, 0.6) is 5.75 Å². The van der Waals surface area contributed by atoms with E-state index in [0.29, 0.717) is 16.7 Å². The Morgan fingerprint density at radius 3 is 2.70 bits per heavy atom. The van der Waals surface area contributed by atoms with Gasteiger partial charge in [0.05, 0.1) is 10.7 Å². The van der Waals surface area contributed by atoms with E-state index in [-0.39, 0.29) is 0 Å². The van der Waals surface area contributed by atoms with Crippen LogP contribution in [0.1, 0.15) is 30.9 Å². The first kappa shape index (κ1) is 17.0.